The molecule has 228 valence electrons. The molecule has 0 aliphatic carbocycles. The van der Waals surface area contributed by atoms with Crippen LogP contribution in [0.25, 0.3) is 0 Å². The first-order valence-electron chi connectivity index (χ1n) is 14.2. The summed E-state index contributed by atoms with van der Waals surface area (Å²) in [6.45, 7) is 11.1. The lowest BCUT2D eigenvalue weighted by Gasteiger charge is -2.46. The van der Waals surface area contributed by atoms with Crippen molar-refractivity contribution in [3.05, 3.63) is 105 Å². The maximum Gasteiger partial charge on any atom is 0.421 e. The highest BCUT2D eigenvalue weighted by Crippen LogP contribution is 2.56. The lowest BCUT2D eigenvalue weighted by molar-refractivity contribution is -0.131. The summed E-state index contributed by atoms with van der Waals surface area (Å²) >= 11 is 9.77. The predicted octanol–water partition coefficient (Wildman–Crippen LogP) is 7.05. The number of halogens is 2. The number of hydrogen-bond acceptors (Lipinski definition) is 5. The van der Waals surface area contributed by atoms with E-state index in [9.17, 15) is 19.2 Å². The molecule has 8 nitrogen and oxygen atoms in total. The Hall–Kier alpha value is -3.95. The number of carbonyl (C=O) groups is 4. The first-order chi connectivity index (χ1) is 20.7. The number of nitrogens with one attached hydrogen (secondary N) is 2. The van der Waals surface area contributed by atoms with E-state index in [1.54, 1.807) is 52.0 Å². The average Bonchev–Trinajstić information content (AvgIpc) is 3.43. The number of nitrogens with zero attached hydrogens (tertiary/aromatic N) is 1. The van der Waals surface area contributed by atoms with Gasteiger partial charge >= 0.3 is 6.09 Å². The van der Waals surface area contributed by atoms with Gasteiger partial charge in [0.05, 0.1) is 18.2 Å². The summed E-state index contributed by atoms with van der Waals surface area (Å²) in [7, 11) is 0. The number of para-hydroxylation sites is 1. The summed E-state index contributed by atoms with van der Waals surface area (Å²) < 4.78 is 6.32. The quantitative estimate of drug-likeness (QED) is 0.283. The van der Waals surface area contributed by atoms with Crippen molar-refractivity contribution in [2.75, 3.05) is 10.2 Å². The van der Waals surface area contributed by atoms with Crippen LogP contribution in [0.2, 0.25) is 5.02 Å². The minimum absolute atomic E-state index is 0.0491. The summed E-state index contributed by atoms with van der Waals surface area (Å²) in [5.41, 5.74) is 2.35. The van der Waals surface area contributed by atoms with Gasteiger partial charge < -0.3 is 15.4 Å². The van der Waals surface area contributed by atoms with Crippen molar-refractivity contribution >= 4 is 62.7 Å². The largest absolute Gasteiger partial charge is 0.443 e. The number of amides is 4. The molecule has 3 atom stereocenters. The molecule has 44 heavy (non-hydrogen) atoms. The number of piperidine rings is 1. The SMILES string of the molecule is C=C(C)[C@H]1NC(=O)C[C@@H](c2cccc(Cl)c2)[C@]12C(=O)N(C(=O)OC(C)(C)C)c1cc(Br)ccc12.O=C1Cc2ccccc2N1. The Morgan fingerprint density at radius 1 is 1.05 bits per heavy atom. The van der Waals surface area contributed by atoms with Crippen LogP contribution in [0, 0.1) is 0 Å². The standard InChI is InChI=1S/C26H26BrClN2O4.C8H7NO/c1-14(2)22-26(19(13-21(31)29-22)15-7-6-8-17(28)11-15)18-10-9-16(27)12-20(18)30(23(26)32)24(33)34-25(3,4)5;10-8-5-6-3-1-2-4-7(6)9-8/h6-12,19,22H,1,13H2,2-5H3,(H,29,31);1-4H,5H2,(H,9,10)/t19-,22+,26-;/m0./s1. The molecule has 3 aromatic rings. The molecule has 3 aliphatic rings. The highest BCUT2D eigenvalue weighted by molar-refractivity contribution is 9.10. The molecule has 4 amide bonds. The number of carbonyl (C=O) groups excluding carboxylic acids is 4. The van der Waals surface area contributed by atoms with E-state index >= 15 is 0 Å². The van der Waals surface area contributed by atoms with Gasteiger partial charge in [-0.15, -0.1) is 0 Å². The molecule has 10 heteroatoms. The summed E-state index contributed by atoms with van der Waals surface area (Å²) in [5.74, 6) is -1.15. The van der Waals surface area contributed by atoms with Crippen LogP contribution in [-0.4, -0.2) is 35.5 Å². The Labute approximate surface area is 269 Å². The van der Waals surface area contributed by atoms with Gasteiger partial charge in [-0.1, -0.05) is 76.1 Å². The van der Waals surface area contributed by atoms with Gasteiger partial charge in [-0.25, -0.2) is 9.69 Å². The number of ether oxygens (including phenoxy) is 1. The van der Waals surface area contributed by atoms with Gasteiger partial charge in [-0.3, -0.25) is 14.4 Å². The minimum Gasteiger partial charge on any atom is -0.443 e. The monoisotopic (exact) mass is 677 g/mol. The number of hydrogen-bond donors (Lipinski definition) is 2. The fourth-order valence-corrected chi connectivity index (χ4v) is 6.76. The van der Waals surface area contributed by atoms with E-state index < -0.39 is 35.0 Å². The molecule has 1 saturated heterocycles. The molecule has 0 radical (unpaired) electrons. The summed E-state index contributed by atoms with van der Waals surface area (Å²) in [6, 6.07) is 19.5. The summed E-state index contributed by atoms with van der Waals surface area (Å²) in [4.78, 5) is 52.5. The fraction of sp³-hybridized carbons (Fsp3) is 0.294. The van der Waals surface area contributed by atoms with Crippen LogP contribution in [0.5, 0.6) is 0 Å². The van der Waals surface area contributed by atoms with Gasteiger partial charge in [0.2, 0.25) is 17.7 Å². The molecular weight excluding hydrogens is 646 g/mol. The lowest BCUT2D eigenvalue weighted by Crippen LogP contribution is -2.63. The Kier molecular flexibility index (Phi) is 8.48. The summed E-state index contributed by atoms with van der Waals surface area (Å²) in [6.07, 6.45) is -0.181. The second-order valence-corrected chi connectivity index (χ2v) is 13.5. The summed E-state index contributed by atoms with van der Waals surface area (Å²) in [5, 5.41) is 6.23. The van der Waals surface area contributed by atoms with Gasteiger partial charge in [0, 0.05) is 27.5 Å². The third-order valence-electron chi connectivity index (χ3n) is 7.87. The van der Waals surface area contributed by atoms with E-state index in [-0.39, 0.29) is 18.2 Å². The Morgan fingerprint density at radius 2 is 1.77 bits per heavy atom. The van der Waals surface area contributed by atoms with Crippen molar-refractivity contribution in [2.24, 2.45) is 0 Å². The van der Waals surface area contributed by atoms with Crippen LogP contribution in [0.15, 0.2) is 83.4 Å². The highest BCUT2D eigenvalue weighted by Gasteiger charge is 2.64. The predicted molar refractivity (Wildman–Crippen MR) is 174 cm³/mol. The van der Waals surface area contributed by atoms with Crippen LogP contribution >= 0.6 is 27.5 Å². The van der Waals surface area contributed by atoms with E-state index in [0.717, 1.165) is 21.7 Å². The third kappa shape index (κ3) is 5.78. The van der Waals surface area contributed by atoms with E-state index in [1.807, 2.05) is 42.5 Å². The smallest absolute Gasteiger partial charge is 0.421 e. The van der Waals surface area contributed by atoms with Gasteiger partial charge in [-0.2, -0.15) is 0 Å². The number of fused-ring (bicyclic) bond motifs is 3. The number of benzene rings is 3. The fourth-order valence-electron chi connectivity index (χ4n) is 6.21. The van der Waals surface area contributed by atoms with E-state index in [2.05, 4.69) is 33.1 Å². The molecule has 0 aromatic heterocycles. The topological polar surface area (TPSA) is 105 Å². The van der Waals surface area contributed by atoms with Crippen molar-refractivity contribution < 1.29 is 23.9 Å². The van der Waals surface area contributed by atoms with Crippen molar-refractivity contribution in [2.45, 2.75) is 63.5 Å². The molecule has 6 rings (SSSR count). The third-order valence-corrected chi connectivity index (χ3v) is 8.59. The second kappa shape index (κ2) is 11.9. The molecule has 1 fully saturated rings. The zero-order valence-electron chi connectivity index (χ0n) is 24.9. The Bertz CT molecular complexity index is 1670. The van der Waals surface area contributed by atoms with Crippen LogP contribution in [0.1, 0.15) is 56.7 Å². The number of anilines is 2. The van der Waals surface area contributed by atoms with Crippen LogP contribution in [0.4, 0.5) is 16.2 Å². The average molecular weight is 679 g/mol. The molecule has 3 aliphatic heterocycles. The van der Waals surface area contributed by atoms with Crippen molar-refractivity contribution in [3.8, 4) is 0 Å². The van der Waals surface area contributed by atoms with E-state index in [0.29, 0.717) is 32.7 Å². The molecule has 2 N–H and O–H groups in total. The van der Waals surface area contributed by atoms with Gasteiger partial charge in [0.15, 0.2) is 0 Å². The maximum atomic E-state index is 14.5. The van der Waals surface area contributed by atoms with Gasteiger partial charge in [0.25, 0.3) is 0 Å². The van der Waals surface area contributed by atoms with Crippen LogP contribution < -0.4 is 15.5 Å². The molecule has 0 unspecified atom stereocenters. The van der Waals surface area contributed by atoms with Crippen LogP contribution in [-0.2, 0) is 31.0 Å². The molecule has 3 aromatic carbocycles. The number of imide groups is 1. The highest BCUT2D eigenvalue weighted by atomic mass is 79.9. The molecule has 0 saturated carbocycles. The first kappa shape index (κ1) is 31.5. The Morgan fingerprint density at radius 3 is 2.43 bits per heavy atom. The number of rotatable bonds is 2. The van der Waals surface area contributed by atoms with Crippen molar-refractivity contribution in [3.63, 3.8) is 0 Å². The normalized spacial score (nSPS) is 22.0. The van der Waals surface area contributed by atoms with Gasteiger partial charge in [0.1, 0.15) is 11.0 Å². The zero-order valence-corrected chi connectivity index (χ0v) is 27.2. The zero-order chi connectivity index (χ0) is 32.0. The molecular formula is C34H33BrClN3O5. The van der Waals surface area contributed by atoms with Crippen molar-refractivity contribution in [1.82, 2.24) is 5.32 Å². The van der Waals surface area contributed by atoms with Crippen LogP contribution in [0.3, 0.4) is 0 Å². The minimum atomic E-state index is -1.31. The Balaban J connectivity index is 0.000000322. The first-order valence-corrected chi connectivity index (χ1v) is 15.3. The van der Waals surface area contributed by atoms with Gasteiger partial charge in [-0.05, 0) is 74.7 Å². The van der Waals surface area contributed by atoms with E-state index in [1.165, 1.54) is 0 Å². The maximum absolute atomic E-state index is 14.5. The second-order valence-electron chi connectivity index (χ2n) is 12.2. The molecule has 0 bridgehead atoms. The lowest BCUT2D eigenvalue weighted by atomic mass is 9.59. The molecule has 1 spiro atoms. The van der Waals surface area contributed by atoms with E-state index in [4.69, 9.17) is 16.3 Å². The van der Waals surface area contributed by atoms with Crippen molar-refractivity contribution in [1.29, 1.82) is 0 Å². The molecule has 3 heterocycles.